The van der Waals surface area contributed by atoms with E-state index in [1.54, 1.807) is 0 Å². The third kappa shape index (κ3) is 3.62. The molecule has 0 aromatic heterocycles. The lowest BCUT2D eigenvalue weighted by Crippen LogP contribution is -2.18. The quantitative estimate of drug-likeness (QED) is 0.668. The van der Waals surface area contributed by atoms with Crippen molar-refractivity contribution < 1.29 is 4.79 Å². The minimum atomic E-state index is 0.332. The van der Waals surface area contributed by atoms with Crippen molar-refractivity contribution in [2.45, 2.75) is 59.8 Å². The molecule has 1 aliphatic carbocycles. The smallest absolute Gasteiger partial charge is 0.135 e. The molecule has 1 aliphatic rings. The van der Waals surface area contributed by atoms with Crippen LogP contribution in [0.3, 0.4) is 0 Å². The van der Waals surface area contributed by atoms with Gasteiger partial charge < -0.3 is 0 Å². The van der Waals surface area contributed by atoms with Gasteiger partial charge in [0.15, 0.2) is 0 Å². The van der Waals surface area contributed by atoms with Gasteiger partial charge in [-0.1, -0.05) is 47.0 Å². The van der Waals surface area contributed by atoms with E-state index in [0.717, 1.165) is 24.7 Å². The summed E-state index contributed by atoms with van der Waals surface area (Å²) in [5.74, 6) is 3.06. The molecule has 0 aliphatic heterocycles. The van der Waals surface area contributed by atoms with Crippen molar-refractivity contribution in [1.29, 1.82) is 0 Å². The second kappa shape index (κ2) is 5.67. The number of rotatable bonds is 5. The van der Waals surface area contributed by atoms with Gasteiger partial charge in [0, 0.05) is 12.3 Å². The number of hydrogen-bond donors (Lipinski definition) is 0. The average molecular weight is 210 g/mol. The molecule has 0 N–H and O–H groups in total. The summed E-state index contributed by atoms with van der Waals surface area (Å²) in [5.41, 5.74) is 0. The highest BCUT2D eigenvalue weighted by atomic mass is 16.1. The van der Waals surface area contributed by atoms with E-state index < -0.39 is 0 Å². The van der Waals surface area contributed by atoms with E-state index in [9.17, 15) is 4.79 Å². The zero-order chi connectivity index (χ0) is 11.4. The van der Waals surface area contributed by atoms with E-state index in [0.29, 0.717) is 17.6 Å². The maximum atomic E-state index is 11.5. The summed E-state index contributed by atoms with van der Waals surface area (Å²) in [7, 11) is 0. The molecule has 0 bridgehead atoms. The Hall–Kier alpha value is -0.330. The summed E-state index contributed by atoms with van der Waals surface area (Å²) in [6.07, 6.45) is 5.94. The highest BCUT2D eigenvalue weighted by Gasteiger charge is 2.33. The maximum absolute atomic E-state index is 11.5. The zero-order valence-corrected chi connectivity index (χ0v) is 10.8. The van der Waals surface area contributed by atoms with Crippen LogP contribution in [0.4, 0.5) is 0 Å². The van der Waals surface area contributed by atoms with E-state index >= 15 is 0 Å². The van der Waals surface area contributed by atoms with E-state index in [1.807, 2.05) is 0 Å². The van der Waals surface area contributed by atoms with E-state index in [4.69, 9.17) is 0 Å². The van der Waals surface area contributed by atoms with Crippen LogP contribution >= 0.6 is 0 Å². The van der Waals surface area contributed by atoms with E-state index in [1.165, 1.54) is 19.3 Å². The number of ketones is 1. The monoisotopic (exact) mass is 210 g/mol. The lowest BCUT2D eigenvalue weighted by molar-refractivity contribution is -0.121. The lowest BCUT2D eigenvalue weighted by atomic mass is 9.82. The van der Waals surface area contributed by atoms with Crippen molar-refractivity contribution in [3.8, 4) is 0 Å². The number of hydrogen-bond acceptors (Lipinski definition) is 1. The second-order valence-electron chi connectivity index (χ2n) is 5.76. The molecule has 1 rings (SSSR count). The molecule has 0 heterocycles. The fourth-order valence-electron chi connectivity index (χ4n) is 2.86. The molecule has 1 nitrogen and oxygen atoms in total. The predicted octanol–water partition coefficient (Wildman–Crippen LogP) is 4.06. The second-order valence-corrected chi connectivity index (χ2v) is 5.76. The van der Waals surface area contributed by atoms with Crippen LogP contribution in [0.2, 0.25) is 0 Å². The van der Waals surface area contributed by atoms with Crippen LogP contribution in [0.5, 0.6) is 0 Å². The first-order chi connectivity index (χ1) is 7.02. The van der Waals surface area contributed by atoms with Crippen molar-refractivity contribution in [2.75, 3.05) is 0 Å². The van der Waals surface area contributed by atoms with Gasteiger partial charge in [0.1, 0.15) is 5.78 Å². The van der Waals surface area contributed by atoms with Crippen LogP contribution in [-0.4, -0.2) is 5.78 Å². The highest BCUT2D eigenvalue weighted by molar-refractivity contribution is 5.83. The lowest BCUT2D eigenvalue weighted by Gasteiger charge is -2.22. The van der Waals surface area contributed by atoms with E-state index in [2.05, 4.69) is 27.7 Å². The SMILES string of the molecule is CC(C)CCC[C@@H](C)[C@H]1CCC(=O)[C@@H]1C. The summed E-state index contributed by atoms with van der Waals surface area (Å²) in [6.45, 7) is 9.03. The Morgan fingerprint density at radius 2 is 1.93 bits per heavy atom. The Labute approximate surface area is 94.6 Å². The first kappa shape index (κ1) is 12.7. The van der Waals surface area contributed by atoms with Crippen LogP contribution in [0.1, 0.15) is 59.8 Å². The molecule has 1 fully saturated rings. The number of carbonyl (C=O) groups excluding carboxylic acids is 1. The van der Waals surface area contributed by atoms with Gasteiger partial charge in [0.05, 0.1) is 0 Å². The van der Waals surface area contributed by atoms with Crippen molar-refractivity contribution in [1.82, 2.24) is 0 Å². The van der Waals surface area contributed by atoms with Crippen LogP contribution in [0.15, 0.2) is 0 Å². The van der Waals surface area contributed by atoms with Crippen LogP contribution in [0.25, 0.3) is 0 Å². The summed E-state index contributed by atoms with van der Waals surface area (Å²) in [6, 6.07) is 0. The average Bonchev–Trinajstić information content (AvgIpc) is 2.47. The Kier molecular flexibility index (Phi) is 4.82. The number of Topliss-reactive ketones (excluding diaryl/α,β-unsaturated/α-hetero) is 1. The molecule has 0 spiro atoms. The molecule has 15 heavy (non-hydrogen) atoms. The molecule has 0 aromatic carbocycles. The van der Waals surface area contributed by atoms with Crippen LogP contribution in [0, 0.1) is 23.7 Å². The van der Waals surface area contributed by atoms with Crippen molar-refractivity contribution in [2.24, 2.45) is 23.7 Å². The third-order valence-corrected chi connectivity index (χ3v) is 4.05. The Bertz CT molecular complexity index is 207. The van der Waals surface area contributed by atoms with Gasteiger partial charge in [0.2, 0.25) is 0 Å². The molecule has 3 atom stereocenters. The van der Waals surface area contributed by atoms with Gasteiger partial charge in [0.25, 0.3) is 0 Å². The summed E-state index contributed by atoms with van der Waals surface area (Å²) in [5, 5.41) is 0. The summed E-state index contributed by atoms with van der Waals surface area (Å²) < 4.78 is 0. The first-order valence-electron chi connectivity index (χ1n) is 6.55. The largest absolute Gasteiger partial charge is 0.299 e. The fraction of sp³-hybridized carbons (Fsp3) is 0.929. The molecule has 0 aromatic rings. The molecular weight excluding hydrogens is 184 g/mol. The van der Waals surface area contributed by atoms with Gasteiger partial charge in [-0.25, -0.2) is 0 Å². The number of carbonyl (C=O) groups is 1. The Balaban J connectivity index is 2.28. The Morgan fingerprint density at radius 1 is 1.27 bits per heavy atom. The van der Waals surface area contributed by atoms with Crippen molar-refractivity contribution in [3.63, 3.8) is 0 Å². The van der Waals surface area contributed by atoms with Gasteiger partial charge in [-0.15, -0.1) is 0 Å². The minimum Gasteiger partial charge on any atom is -0.299 e. The topological polar surface area (TPSA) is 17.1 Å². The van der Waals surface area contributed by atoms with E-state index in [-0.39, 0.29) is 0 Å². The van der Waals surface area contributed by atoms with Crippen LogP contribution in [-0.2, 0) is 4.79 Å². The standard InChI is InChI=1S/C14H26O/c1-10(2)6-5-7-11(3)13-8-9-14(15)12(13)4/h10-13H,5-9H2,1-4H3/t11-,12-,13-/m1/s1. The van der Waals surface area contributed by atoms with Gasteiger partial charge in [-0.05, 0) is 24.2 Å². The van der Waals surface area contributed by atoms with Gasteiger partial charge in [-0.3, -0.25) is 4.79 Å². The summed E-state index contributed by atoms with van der Waals surface area (Å²) in [4.78, 5) is 11.5. The molecule has 1 heteroatoms. The van der Waals surface area contributed by atoms with Crippen LogP contribution < -0.4 is 0 Å². The predicted molar refractivity (Wildman–Crippen MR) is 64.7 cm³/mol. The molecule has 0 radical (unpaired) electrons. The fourth-order valence-corrected chi connectivity index (χ4v) is 2.86. The van der Waals surface area contributed by atoms with Crippen molar-refractivity contribution in [3.05, 3.63) is 0 Å². The molecule has 0 amide bonds. The molecular formula is C14H26O. The first-order valence-corrected chi connectivity index (χ1v) is 6.55. The highest BCUT2D eigenvalue weighted by Crippen LogP contribution is 2.36. The molecule has 0 unspecified atom stereocenters. The minimum absolute atomic E-state index is 0.332. The third-order valence-electron chi connectivity index (χ3n) is 4.05. The molecule has 1 saturated carbocycles. The molecule has 0 saturated heterocycles. The molecule has 88 valence electrons. The van der Waals surface area contributed by atoms with Gasteiger partial charge >= 0.3 is 0 Å². The zero-order valence-electron chi connectivity index (χ0n) is 10.8. The van der Waals surface area contributed by atoms with Crippen molar-refractivity contribution >= 4 is 5.78 Å². The normalized spacial score (nSPS) is 28.7. The Morgan fingerprint density at radius 3 is 2.40 bits per heavy atom. The van der Waals surface area contributed by atoms with Gasteiger partial charge in [-0.2, -0.15) is 0 Å². The maximum Gasteiger partial charge on any atom is 0.135 e. The summed E-state index contributed by atoms with van der Waals surface area (Å²) >= 11 is 0.